The van der Waals surface area contributed by atoms with Crippen molar-refractivity contribution in [2.24, 2.45) is 5.41 Å². The van der Waals surface area contributed by atoms with E-state index in [9.17, 15) is 9.59 Å². The van der Waals surface area contributed by atoms with E-state index in [1.165, 1.54) is 13.0 Å². The molecular weight excluding hydrogens is 152 g/mol. The van der Waals surface area contributed by atoms with Crippen LogP contribution >= 0.6 is 0 Å². The van der Waals surface area contributed by atoms with Gasteiger partial charge in [-0.1, -0.05) is 13.8 Å². The van der Waals surface area contributed by atoms with Crippen molar-refractivity contribution in [3.05, 3.63) is 11.6 Å². The lowest BCUT2D eigenvalue weighted by Gasteiger charge is -2.27. The molecule has 0 amide bonds. The van der Waals surface area contributed by atoms with E-state index in [1.807, 2.05) is 13.8 Å². The average Bonchev–Trinajstić information content (AvgIpc) is 1.82. The Morgan fingerprint density at radius 1 is 1.42 bits per heavy atom. The molecule has 12 heavy (non-hydrogen) atoms. The highest BCUT2D eigenvalue weighted by Crippen LogP contribution is 2.33. The molecule has 0 aromatic heterocycles. The van der Waals surface area contributed by atoms with Gasteiger partial charge in [-0.25, -0.2) is 0 Å². The Morgan fingerprint density at radius 3 is 2.42 bits per heavy atom. The summed E-state index contributed by atoms with van der Waals surface area (Å²) in [5, 5.41) is 0. The molecule has 0 bridgehead atoms. The second-order valence-corrected chi connectivity index (χ2v) is 4.21. The minimum Gasteiger partial charge on any atom is -0.295 e. The molecule has 0 saturated heterocycles. The van der Waals surface area contributed by atoms with Gasteiger partial charge in [0.1, 0.15) is 0 Å². The third-order valence-electron chi connectivity index (χ3n) is 2.11. The highest BCUT2D eigenvalue weighted by Gasteiger charge is 2.28. The van der Waals surface area contributed by atoms with Crippen molar-refractivity contribution in [2.45, 2.75) is 33.6 Å². The van der Waals surface area contributed by atoms with Gasteiger partial charge in [-0.05, 0) is 30.4 Å². The second-order valence-electron chi connectivity index (χ2n) is 4.21. The first kappa shape index (κ1) is 9.17. The summed E-state index contributed by atoms with van der Waals surface area (Å²) in [5.74, 6) is 0.104. The lowest BCUT2D eigenvalue weighted by Crippen LogP contribution is -2.23. The number of Topliss-reactive ketones (excluding diaryl/α,β-unsaturated/α-hetero) is 1. The lowest BCUT2D eigenvalue weighted by atomic mass is 9.76. The fourth-order valence-corrected chi connectivity index (χ4v) is 1.57. The van der Waals surface area contributed by atoms with Crippen LogP contribution in [0.15, 0.2) is 11.6 Å². The third-order valence-corrected chi connectivity index (χ3v) is 2.11. The van der Waals surface area contributed by atoms with Crippen LogP contribution in [0, 0.1) is 5.41 Å². The molecule has 66 valence electrons. The molecule has 0 aromatic rings. The Bertz CT molecular complexity index is 259. The predicted molar refractivity (Wildman–Crippen MR) is 46.8 cm³/mol. The summed E-state index contributed by atoms with van der Waals surface area (Å²) < 4.78 is 0. The Kier molecular flexibility index (Phi) is 2.18. The van der Waals surface area contributed by atoms with Crippen molar-refractivity contribution in [1.29, 1.82) is 0 Å². The van der Waals surface area contributed by atoms with Gasteiger partial charge in [0.15, 0.2) is 11.6 Å². The monoisotopic (exact) mass is 166 g/mol. The molecule has 0 unspecified atom stereocenters. The number of allylic oxidation sites excluding steroid dienone is 2. The first-order valence-corrected chi connectivity index (χ1v) is 4.15. The minimum absolute atomic E-state index is 0.0242. The van der Waals surface area contributed by atoms with Gasteiger partial charge in [-0.2, -0.15) is 0 Å². The molecule has 2 nitrogen and oxygen atoms in total. The Labute approximate surface area is 72.7 Å². The normalized spacial score (nSPS) is 21.9. The van der Waals surface area contributed by atoms with Crippen LogP contribution in [0.5, 0.6) is 0 Å². The Morgan fingerprint density at radius 2 is 2.00 bits per heavy atom. The number of hydrogen-bond donors (Lipinski definition) is 0. The molecule has 0 fully saturated rings. The summed E-state index contributed by atoms with van der Waals surface area (Å²) in [6.07, 6.45) is 2.78. The number of carbonyl (C=O) groups excluding carboxylic acids is 2. The Hall–Kier alpha value is -0.920. The van der Waals surface area contributed by atoms with Gasteiger partial charge in [0.25, 0.3) is 0 Å². The van der Waals surface area contributed by atoms with Crippen molar-refractivity contribution in [3.63, 3.8) is 0 Å². The van der Waals surface area contributed by atoms with Gasteiger partial charge in [0, 0.05) is 6.42 Å². The highest BCUT2D eigenvalue weighted by molar-refractivity contribution is 6.03. The van der Waals surface area contributed by atoms with Crippen molar-refractivity contribution in [2.75, 3.05) is 0 Å². The van der Waals surface area contributed by atoms with Gasteiger partial charge >= 0.3 is 0 Å². The third kappa shape index (κ3) is 2.03. The highest BCUT2D eigenvalue weighted by atomic mass is 16.1. The molecule has 0 atom stereocenters. The molecule has 0 heterocycles. The minimum atomic E-state index is -0.0349. The predicted octanol–water partition coefficient (Wildman–Crippen LogP) is 1.89. The first-order valence-electron chi connectivity index (χ1n) is 4.15. The zero-order valence-electron chi connectivity index (χ0n) is 7.81. The average molecular weight is 166 g/mol. The first-order chi connectivity index (χ1) is 5.41. The van der Waals surface area contributed by atoms with Crippen LogP contribution in [0.2, 0.25) is 0 Å². The van der Waals surface area contributed by atoms with Crippen molar-refractivity contribution in [1.82, 2.24) is 0 Å². The van der Waals surface area contributed by atoms with Crippen LogP contribution < -0.4 is 0 Å². The van der Waals surface area contributed by atoms with Crippen LogP contribution in [0.4, 0.5) is 0 Å². The number of carbonyl (C=O) groups is 2. The maximum Gasteiger partial charge on any atom is 0.156 e. The van der Waals surface area contributed by atoms with Gasteiger partial charge in [0.05, 0.1) is 0 Å². The van der Waals surface area contributed by atoms with E-state index in [2.05, 4.69) is 0 Å². The van der Waals surface area contributed by atoms with E-state index in [1.54, 1.807) is 0 Å². The summed E-state index contributed by atoms with van der Waals surface area (Å²) in [6, 6.07) is 0. The number of ketones is 2. The van der Waals surface area contributed by atoms with E-state index in [4.69, 9.17) is 0 Å². The summed E-state index contributed by atoms with van der Waals surface area (Å²) in [7, 11) is 0. The molecule has 0 N–H and O–H groups in total. The lowest BCUT2D eigenvalue weighted by molar-refractivity contribution is -0.119. The summed E-state index contributed by atoms with van der Waals surface area (Å²) >= 11 is 0. The largest absolute Gasteiger partial charge is 0.295 e. The fourth-order valence-electron chi connectivity index (χ4n) is 1.57. The van der Waals surface area contributed by atoms with E-state index >= 15 is 0 Å². The van der Waals surface area contributed by atoms with Crippen molar-refractivity contribution < 1.29 is 9.59 Å². The van der Waals surface area contributed by atoms with Crippen molar-refractivity contribution in [3.8, 4) is 0 Å². The molecule has 0 radical (unpaired) electrons. The van der Waals surface area contributed by atoms with E-state index in [-0.39, 0.29) is 17.0 Å². The Balaban J connectivity index is 2.91. The zero-order chi connectivity index (χ0) is 9.35. The fraction of sp³-hybridized carbons (Fsp3) is 0.600. The van der Waals surface area contributed by atoms with Gasteiger partial charge in [-0.3, -0.25) is 9.59 Å². The van der Waals surface area contributed by atoms with Crippen molar-refractivity contribution >= 4 is 11.6 Å². The van der Waals surface area contributed by atoms with Gasteiger partial charge in [-0.15, -0.1) is 0 Å². The summed E-state index contributed by atoms with van der Waals surface area (Å²) in [5.41, 5.74) is 0.642. The molecule has 1 aliphatic carbocycles. The number of hydrogen-bond acceptors (Lipinski definition) is 2. The molecule has 1 rings (SSSR count). The molecule has 1 aliphatic rings. The van der Waals surface area contributed by atoms with Gasteiger partial charge in [0.2, 0.25) is 0 Å². The van der Waals surface area contributed by atoms with Crippen LogP contribution in [0.1, 0.15) is 33.6 Å². The van der Waals surface area contributed by atoms with Crippen LogP contribution in [-0.4, -0.2) is 11.6 Å². The molecule has 0 aliphatic heterocycles. The van der Waals surface area contributed by atoms with Crippen LogP contribution in [0.25, 0.3) is 0 Å². The molecule has 0 aromatic carbocycles. The number of rotatable bonds is 1. The maximum absolute atomic E-state index is 11.2. The summed E-state index contributed by atoms with van der Waals surface area (Å²) in [6.45, 7) is 5.54. The standard InChI is InChI=1S/C10H14O2/c1-7(11)8-4-9(12)6-10(2,3)5-8/h4H,5-6H2,1-3H3. The molecule has 2 heteroatoms. The quantitative estimate of drug-likeness (QED) is 0.596. The molecule has 0 saturated carbocycles. The topological polar surface area (TPSA) is 34.1 Å². The SMILES string of the molecule is CC(=O)C1=CC(=O)CC(C)(C)C1. The summed E-state index contributed by atoms with van der Waals surface area (Å²) in [4.78, 5) is 22.2. The smallest absolute Gasteiger partial charge is 0.156 e. The zero-order valence-corrected chi connectivity index (χ0v) is 7.81. The molecule has 0 spiro atoms. The van der Waals surface area contributed by atoms with Crippen LogP contribution in [-0.2, 0) is 9.59 Å². The van der Waals surface area contributed by atoms with E-state index in [0.717, 1.165) is 6.42 Å². The maximum atomic E-state index is 11.2. The molecular formula is C10H14O2. The van der Waals surface area contributed by atoms with E-state index < -0.39 is 0 Å². The second kappa shape index (κ2) is 2.85. The van der Waals surface area contributed by atoms with E-state index in [0.29, 0.717) is 12.0 Å². The van der Waals surface area contributed by atoms with Gasteiger partial charge < -0.3 is 0 Å². The van der Waals surface area contributed by atoms with Crippen LogP contribution in [0.3, 0.4) is 0 Å².